The molecule has 0 aromatic heterocycles. The Hall–Kier alpha value is -0.153. The van der Waals surface area contributed by atoms with Gasteiger partial charge in [0.1, 0.15) is 11.0 Å². The third kappa shape index (κ3) is 1.75. The van der Waals surface area contributed by atoms with Crippen LogP contribution in [0.4, 0.5) is 0 Å². The lowest BCUT2D eigenvalue weighted by Gasteiger charge is -2.16. The van der Waals surface area contributed by atoms with Crippen LogP contribution in [0.15, 0.2) is 0 Å². The van der Waals surface area contributed by atoms with Gasteiger partial charge in [0.15, 0.2) is 0 Å². The van der Waals surface area contributed by atoms with Gasteiger partial charge in [0.05, 0.1) is 10.2 Å². The largest absolute Gasteiger partial charge is 0.383 e. The van der Waals surface area contributed by atoms with Crippen molar-refractivity contribution in [2.75, 3.05) is 0 Å². The summed E-state index contributed by atoms with van der Waals surface area (Å²) in [5, 5.41) is 9.06. The molecule has 0 aromatic rings. The Balaban J connectivity index is 3.91. The van der Waals surface area contributed by atoms with E-state index in [1.54, 1.807) is 13.8 Å². The fourth-order valence-electron chi connectivity index (χ4n) is 0.249. The highest BCUT2D eigenvalue weighted by Gasteiger charge is 2.21. The standard InChI is InChI=1S/C5H12O2Si/c1-3-5(2,7)4(6)8/h7H,3H2,1-2,8H3. The summed E-state index contributed by atoms with van der Waals surface area (Å²) in [6.07, 6.45) is 0.523. The summed E-state index contributed by atoms with van der Waals surface area (Å²) in [6.45, 7) is 3.36. The van der Waals surface area contributed by atoms with E-state index in [-0.39, 0.29) is 5.41 Å². The van der Waals surface area contributed by atoms with Crippen LogP contribution >= 0.6 is 0 Å². The van der Waals surface area contributed by atoms with E-state index in [0.29, 0.717) is 16.7 Å². The van der Waals surface area contributed by atoms with E-state index >= 15 is 0 Å². The minimum Gasteiger partial charge on any atom is -0.383 e. The van der Waals surface area contributed by atoms with Crippen molar-refractivity contribution in [2.24, 2.45) is 0 Å². The SMILES string of the molecule is CCC(C)(O)C(=O)[SiH3]. The van der Waals surface area contributed by atoms with E-state index in [2.05, 4.69) is 0 Å². The van der Waals surface area contributed by atoms with E-state index < -0.39 is 5.60 Å². The molecule has 2 nitrogen and oxygen atoms in total. The van der Waals surface area contributed by atoms with Gasteiger partial charge in [-0.15, -0.1) is 0 Å². The summed E-state index contributed by atoms with van der Waals surface area (Å²) < 4.78 is 0. The van der Waals surface area contributed by atoms with E-state index in [1.807, 2.05) is 0 Å². The van der Waals surface area contributed by atoms with Gasteiger partial charge < -0.3 is 9.90 Å². The maximum Gasteiger partial charge on any atom is 0.131 e. The Morgan fingerprint density at radius 1 is 1.88 bits per heavy atom. The van der Waals surface area contributed by atoms with Crippen LogP contribution in [0.2, 0.25) is 0 Å². The van der Waals surface area contributed by atoms with Crippen molar-refractivity contribution in [2.45, 2.75) is 25.9 Å². The molecule has 8 heavy (non-hydrogen) atoms. The normalized spacial score (nSPS) is 17.9. The van der Waals surface area contributed by atoms with E-state index in [1.165, 1.54) is 0 Å². The number of hydrogen-bond acceptors (Lipinski definition) is 2. The molecule has 0 saturated carbocycles. The molecule has 0 heterocycles. The van der Waals surface area contributed by atoms with Crippen molar-refractivity contribution in [1.29, 1.82) is 0 Å². The summed E-state index contributed by atoms with van der Waals surface area (Å²) in [4.78, 5) is 10.5. The number of rotatable bonds is 2. The van der Waals surface area contributed by atoms with Gasteiger partial charge in [-0.25, -0.2) is 0 Å². The molecule has 0 aliphatic carbocycles. The van der Waals surface area contributed by atoms with Crippen LogP contribution in [-0.4, -0.2) is 26.4 Å². The molecule has 0 spiro atoms. The van der Waals surface area contributed by atoms with Crippen LogP contribution < -0.4 is 0 Å². The molecular formula is C5H12O2Si. The van der Waals surface area contributed by atoms with Crippen LogP contribution in [-0.2, 0) is 4.79 Å². The van der Waals surface area contributed by atoms with Crippen LogP contribution in [0, 0.1) is 0 Å². The van der Waals surface area contributed by atoms with E-state index in [9.17, 15) is 4.79 Å². The van der Waals surface area contributed by atoms with Crippen molar-refractivity contribution < 1.29 is 9.90 Å². The second kappa shape index (κ2) is 2.41. The first-order valence-electron chi connectivity index (χ1n) is 2.74. The molecule has 3 heteroatoms. The monoisotopic (exact) mass is 132 g/mol. The molecule has 1 N–H and O–H groups in total. The summed E-state index contributed by atoms with van der Waals surface area (Å²) in [7, 11) is 0.448. The molecule has 0 bridgehead atoms. The highest BCUT2D eigenvalue weighted by atomic mass is 28.1. The Labute approximate surface area is 52.3 Å². The van der Waals surface area contributed by atoms with Gasteiger partial charge in [-0.1, -0.05) is 6.92 Å². The maximum atomic E-state index is 10.5. The molecule has 0 fully saturated rings. The molecule has 0 saturated heterocycles. The van der Waals surface area contributed by atoms with E-state index in [0.717, 1.165) is 0 Å². The molecule has 0 amide bonds. The molecule has 0 radical (unpaired) electrons. The zero-order chi connectivity index (χ0) is 6.78. The van der Waals surface area contributed by atoms with Gasteiger partial charge >= 0.3 is 0 Å². The molecule has 0 aliphatic rings. The average molecular weight is 132 g/mol. The van der Waals surface area contributed by atoms with Crippen molar-refractivity contribution in [3.63, 3.8) is 0 Å². The lowest BCUT2D eigenvalue weighted by molar-refractivity contribution is -0.127. The molecule has 1 atom stereocenters. The van der Waals surface area contributed by atoms with Crippen molar-refractivity contribution in [1.82, 2.24) is 0 Å². The Kier molecular flexibility index (Phi) is 2.37. The highest BCUT2D eigenvalue weighted by molar-refractivity contribution is 6.59. The zero-order valence-electron chi connectivity index (χ0n) is 5.56. The summed E-state index contributed by atoms with van der Waals surface area (Å²) in [5.74, 6) is 0. The number of hydrogen-bond donors (Lipinski definition) is 1. The van der Waals surface area contributed by atoms with Crippen molar-refractivity contribution >= 4 is 15.6 Å². The molecule has 48 valence electrons. The van der Waals surface area contributed by atoms with Gasteiger partial charge in [-0.05, 0) is 13.3 Å². The first-order valence-corrected chi connectivity index (χ1v) is 3.74. The second-order valence-corrected chi connectivity index (χ2v) is 3.09. The van der Waals surface area contributed by atoms with Crippen LogP contribution in [0.5, 0.6) is 0 Å². The molecular weight excluding hydrogens is 120 g/mol. The number of aliphatic hydroxyl groups is 1. The molecule has 0 rings (SSSR count). The third-order valence-electron chi connectivity index (χ3n) is 1.45. The lowest BCUT2D eigenvalue weighted by atomic mass is 10.1. The number of carbonyl (C=O) groups excluding carboxylic acids is 1. The van der Waals surface area contributed by atoms with Gasteiger partial charge in [-0.3, -0.25) is 0 Å². The predicted molar refractivity (Wildman–Crippen MR) is 35.9 cm³/mol. The van der Waals surface area contributed by atoms with Gasteiger partial charge in [0, 0.05) is 0 Å². The van der Waals surface area contributed by atoms with Crippen molar-refractivity contribution in [3.05, 3.63) is 0 Å². The quantitative estimate of drug-likeness (QED) is 0.491. The predicted octanol–water partition coefficient (Wildman–Crippen LogP) is -0.961. The van der Waals surface area contributed by atoms with Gasteiger partial charge in [0.25, 0.3) is 0 Å². The highest BCUT2D eigenvalue weighted by Crippen LogP contribution is 2.06. The third-order valence-corrected chi connectivity index (χ3v) is 2.52. The van der Waals surface area contributed by atoms with Gasteiger partial charge in [0.2, 0.25) is 0 Å². The van der Waals surface area contributed by atoms with Gasteiger partial charge in [-0.2, -0.15) is 0 Å². The summed E-state index contributed by atoms with van der Waals surface area (Å²) >= 11 is 0. The fraction of sp³-hybridized carbons (Fsp3) is 0.800. The average Bonchev–Trinajstić information content (AvgIpc) is 1.67. The van der Waals surface area contributed by atoms with Crippen LogP contribution in [0.1, 0.15) is 20.3 Å². The lowest BCUT2D eigenvalue weighted by Crippen LogP contribution is -2.34. The Morgan fingerprint density at radius 2 is 2.25 bits per heavy atom. The number of carbonyl (C=O) groups is 1. The Bertz CT molecular complexity index is 98.6. The topological polar surface area (TPSA) is 37.3 Å². The minimum absolute atomic E-state index is 0.0278. The molecule has 0 aromatic carbocycles. The van der Waals surface area contributed by atoms with Crippen LogP contribution in [0.25, 0.3) is 0 Å². The smallest absolute Gasteiger partial charge is 0.131 e. The fourth-order valence-corrected chi connectivity index (χ4v) is 0.602. The minimum atomic E-state index is -1.04. The van der Waals surface area contributed by atoms with Crippen molar-refractivity contribution in [3.8, 4) is 0 Å². The second-order valence-electron chi connectivity index (χ2n) is 2.18. The first kappa shape index (κ1) is 7.85. The molecule has 0 aliphatic heterocycles. The first-order chi connectivity index (χ1) is 3.50. The zero-order valence-corrected chi connectivity index (χ0v) is 7.56. The Morgan fingerprint density at radius 3 is 2.25 bits per heavy atom. The van der Waals surface area contributed by atoms with E-state index in [4.69, 9.17) is 5.11 Å². The summed E-state index contributed by atoms with van der Waals surface area (Å²) in [6, 6.07) is 0. The summed E-state index contributed by atoms with van der Waals surface area (Å²) in [5.41, 5.74) is -1.04. The molecule has 1 unspecified atom stereocenters. The maximum absolute atomic E-state index is 10.5. The van der Waals surface area contributed by atoms with Crippen LogP contribution in [0.3, 0.4) is 0 Å².